The molecule has 0 aliphatic heterocycles. The van der Waals surface area contributed by atoms with E-state index >= 15 is 8.78 Å². The molecule has 3 aromatic rings. The van der Waals surface area contributed by atoms with E-state index in [0.717, 1.165) is 31.2 Å². The smallest absolute Gasteiger partial charge is 0.257 e. The first-order valence-corrected chi connectivity index (χ1v) is 13.6. The number of carbonyl (C=O) groups excluding carboxylic acids is 2. The number of halogens is 3. The van der Waals surface area contributed by atoms with Gasteiger partial charge in [0, 0.05) is 42.7 Å². The predicted octanol–water partition coefficient (Wildman–Crippen LogP) is 4.50. The average Bonchev–Trinajstić information content (AvgIpc) is 2.95. The molecule has 10 heteroatoms. The third-order valence-electron chi connectivity index (χ3n) is 7.32. The van der Waals surface area contributed by atoms with E-state index in [1.807, 2.05) is 30.3 Å². The molecule has 1 aliphatic rings. The first-order valence-electron chi connectivity index (χ1n) is 13.2. The van der Waals surface area contributed by atoms with Gasteiger partial charge in [-0.3, -0.25) is 9.59 Å². The highest BCUT2D eigenvalue weighted by molar-refractivity contribution is 6.33. The SMILES string of the molecule is CNC(=O)COc1ccc(C(N)=O)c(-c2cc(C(CNC3CCC(N)CC3)c3ccccc3)cc(F)c2Cl)c1F. The predicted molar refractivity (Wildman–Crippen MR) is 151 cm³/mol. The lowest BCUT2D eigenvalue weighted by atomic mass is 9.87. The van der Waals surface area contributed by atoms with Crippen LogP contribution in [0.1, 0.15) is 53.1 Å². The van der Waals surface area contributed by atoms with Gasteiger partial charge >= 0.3 is 0 Å². The monoisotopic (exact) mass is 570 g/mol. The zero-order valence-electron chi connectivity index (χ0n) is 22.2. The fourth-order valence-corrected chi connectivity index (χ4v) is 5.27. The Kier molecular flexibility index (Phi) is 9.73. The Morgan fingerprint density at radius 1 is 1.05 bits per heavy atom. The fraction of sp³-hybridized carbons (Fsp3) is 0.333. The third kappa shape index (κ3) is 6.78. The van der Waals surface area contributed by atoms with Gasteiger partial charge in [0.15, 0.2) is 18.2 Å². The van der Waals surface area contributed by atoms with Crippen LogP contribution in [-0.2, 0) is 4.79 Å². The largest absolute Gasteiger partial charge is 0.481 e. The molecule has 212 valence electrons. The van der Waals surface area contributed by atoms with Crippen molar-refractivity contribution in [2.45, 2.75) is 43.7 Å². The molecule has 0 saturated heterocycles. The maximum Gasteiger partial charge on any atom is 0.257 e. The summed E-state index contributed by atoms with van der Waals surface area (Å²) >= 11 is 6.39. The zero-order chi connectivity index (χ0) is 28.8. The number of hydrogen-bond acceptors (Lipinski definition) is 5. The molecule has 0 bridgehead atoms. The Labute approximate surface area is 237 Å². The first kappa shape index (κ1) is 29.5. The van der Waals surface area contributed by atoms with Gasteiger partial charge in [-0.15, -0.1) is 0 Å². The highest BCUT2D eigenvalue weighted by Gasteiger charge is 2.26. The zero-order valence-corrected chi connectivity index (χ0v) is 22.9. The van der Waals surface area contributed by atoms with E-state index in [0.29, 0.717) is 12.1 Å². The van der Waals surface area contributed by atoms with Gasteiger partial charge in [-0.1, -0.05) is 41.9 Å². The molecule has 6 N–H and O–H groups in total. The number of benzene rings is 3. The second-order valence-electron chi connectivity index (χ2n) is 9.97. The second kappa shape index (κ2) is 13.2. The Morgan fingerprint density at radius 2 is 1.75 bits per heavy atom. The molecule has 0 aromatic heterocycles. The van der Waals surface area contributed by atoms with E-state index in [1.165, 1.54) is 25.2 Å². The number of amides is 2. The van der Waals surface area contributed by atoms with E-state index in [9.17, 15) is 9.59 Å². The molecule has 0 radical (unpaired) electrons. The van der Waals surface area contributed by atoms with E-state index in [4.69, 9.17) is 27.8 Å². The van der Waals surface area contributed by atoms with Gasteiger partial charge in [0.25, 0.3) is 5.91 Å². The Morgan fingerprint density at radius 3 is 2.40 bits per heavy atom. The minimum absolute atomic E-state index is 0.0436. The Bertz CT molecular complexity index is 1360. The molecular weight excluding hydrogens is 538 g/mol. The van der Waals surface area contributed by atoms with Crippen LogP contribution in [0.15, 0.2) is 54.6 Å². The van der Waals surface area contributed by atoms with Crippen LogP contribution in [0, 0.1) is 11.6 Å². The van der Waals surface area contributed by atoms with Crippen LogP contribution in [0.4, 0.5) is 8.78 Å². The lowest BCUT2D eigenvalue weighted by Crippen LogP contribution is -2.39. The van der Waals surface area contributed by atoms with Crippen LogP contribution < -0.4 is 26.8 Å². The number of nitrogens with two attached hydrogens (primary N) is 2. The van der Waals surface area contributed by atoms with Gasteiger partial charge in [-0.2, -0.15) is 0 Å². The minimum atomic E-state index is -0.980. The lowest BCUT2D eigenvalue weighted by Gasteiger charge is -2.29. The molecule has 1 aliphatic carbocycles. The van der Waals surface area contributed by atoms with Crippen molar-refractivity contribution in [2.75, 3.05) is 20.2 Å². The van der Waals surface area contributed by atoms with Crippen molar-refractivity contribution < 1.29 is 23.1 Å². The van der Waals surface area contributed by atoms with Crippen LogP contribution in [0.25, 0.3) is 11.1 Å². The average molecular weight is 571 g/mol. The standard InChI is InChI=1S/C30H33ClF2N4O3/c1-36-26(38)16-40-25-12-11-21(30(35)39)27(29(25)33)22-13-18(14-24(32)28(22)31)23(17-5-3-2-4-6-17)15-37-20-9-7-19(34)8-10-20/h2-6,11-14,19-20,23,37H,7-10,15-16,34H2,1H3,(H2,35,39)(H,36,38). The highest BCUT2D eigenvalue weighted by Crippen LogP contribution is 2.40. The Hall–Kier alpha value is -3.53. The summed E-state index contributed by atoms with van der Waals surface area (Å²) in [7, 11) is 1.42. The Balaban J connectivity index is 1.78. The second-order valence-corrected chi connectivity index (χ2v) is 10.4. The van der Waals surface area contributed by atoms with Crippen LogP contribution in [0.2, 0.25) is 5.02 Å². The van der Waals surface area contributed by atoms with E-state index in [-0.39, 0.29) is 45.5 Å². The first-order chi connectivity index (χ1) is 19.2. The van der Waals surface area contributed by atoms with Crippen molar-refractivity contribution in [1.29, 1.82) is 0 Å². The number of likely N-dealkylation sites (N-methyl/N-ethyl adjacent to an activating group) is 1. The van der Waals surface area contributed by atoms with E-state index < -0.39 is 30.1 Å². The molecule has 2 amide bonds. The maximum atomic E-state index is 15.9. The van der Waals surface area contributed by atoms with Crippen molar-refractivity contribution in [2.24, 2.45) is 11.5 Å². The summed E-state index contributed by atoms with van der Waals surface area (Å²) < 4.78 is 36.6. The van der Waals surface area contributed by atoms with E-state index in [1.54, 1.807) is 6.07 Å². The van der Waals surface area contributed by atoms with Crippen molar-refractivity contribution in [3.63, 3.8) is 0 Å². The molecular formula is C30H33ClF2N4O3. The molecule has 3 aromatic carbocycles. The number of primary amides is 1. The summed E-state index contributed by atoms with van der Waals surface area (Å²) in [5.41, 5.74) is 12.5. The number of rotatable bonds is 10. The summed E-state index contributed by atoms with van der Waals surface area (Å²) in [5, 5.41) is 5.61. The van der Waals surface area contributed by atoms with Crippen LogP contribution in [0.3, 0.4) is 0 Å². The topological polar surface area (TPSA) is 119 Å². The maximum absolute atomic E-state index is 15.9. The minimum Gasteiger partial charge on any atom is -0.481 e. The number of carbonyl (C=O) groups is 2. The van der Waals surface area contributed by atoms with Crippen molar-refractivity contribution in [1.82, 2.24) is 10.6 Å². The molecule has 1 fully saturated rings. The summed E-state index contributed by atoms with van der Waals surface area (Å²) in [6.07, 6.45) is 3.75. The van der Waals surface area contributed by atoms with Crippen molar-refractivity contribution in [3.8, 4) is 16.9 Å². The van der Waals surface area contributed by atoms with Gasteiger partial charge in [-0.25, -0.2) is 8.78 Å². The summed E-state index contributed by atoms with van der Waals surface area (Å²) in [5.74, 6) is -3.77. The molecule has 0 heterocycles. The normalized spacial score (nSPS) is 17.7. The highest BCUT2D eigenvalue weighted by atomic mass is 35.5. The van der Waals surface area contributed by atoms with Gasteiger partial charge in [0.05, 0.1) is 10.6 Å². The van der Waals surface area contributed by atoms with Gasteiger partial charge in [-0.05, 0) is 61.1 Å². The molecule has 1 unspecified atom stereocenters. The molecule has 40 heavy (non-hydrogen) atoms. The molecule has 1 atom stereocenters. The molecule has 4 rings (SSSR count). The number of hydrogen-bond donors (Lipinski definition) is 4. The number of nitrogens with one attached hydrogen (secondary N) is 2. The van der Waals surface area contributed by atoms with Gasteiger partial charge < -0.3 is 26.8 Å². The molecule has 0 spiro atoms. The molecule has 1 saturated carbocycles. The van der Waals surface area contributed by atoms with Crippen LogP contribution in [-0.4, -0.2) is 44.1 Å². The van der Waals surface area contributed by atoms with Crippen molar-refractivity contribution >= 4 is 23.4 Å². The lowest BCUT2D eigenvalue weighted by molar-refractivity contribution is -0.122. The number of ether oxygens (including phenoxy) is 1. The summed E-state index contributed by atoms with van der Waals surface area (Å²) in [6.45, 7) is 0.0313. The van der Waals surface area contributed by atoms with E-state index in [2.05, 4.69) is 10.6 Å². The van der Waals surface area contributed by atoms with Gasteiger partial charge in [0.2, 0.25) is 5.91 Å². The fourth-order valence-electron chi connectivity index (χ4n) is 5.07. The summed E-state index contributed by atoms with van der Waals surface area (Å²) in [6, 6.07) is 15.4. The third-order valence-corrected chi connectivity index (χ3v) is 7.70. The quantitative estimate of drug-likeness (QED) is 0.286. The summed E-state index contributed by atoms with van der Waals surface area (Å²) in [4.78, 5) is 24.0. The van der Waals surface area contributed by atoms with Crippen LogP contribution >= 0.6 is 11.6 Å². The van der Waals surface area contributed by atoms with Crippen LogP contribution in [0.5, 0.6) is 5.75 Å². The van der Waals surface area contributed by atoms with Crippen molar-refractivity contribution in [3.05, 3.63) is 87.9 Å². The molecule has 7 nitrogen and oxygen atoms in total. The van der Waals surface area contributed by atoms with Gasteiger partial charge in [0.1, 0.15) is 5.82 Å².